The first kappa shape index (κ1) is 16.8. The number of rotatable bonds is 9. The van der Waals surface area contributed by atoms with Gasteiger partial charge in [0.2, 0.25) is 5.76 Å². The van der Waals surface area contributed by atoms with E-state index in [1.165, 1.54) is 25.7 Å². The van der Waals surface area contributed by atoms with Crippen molar-refractivity contribution in [2.24, 2.45) is 5.41 Å². The summed E-state index contributed by atoms with van der Waals surface area (Å²) in [6.45, 7) is 9.96. The highest BCUT2D eigenvalue weighted by Gasteiger charge is 2.18. The number of carboxylic acids is 1. The second-order valence-electron chi connectivity index (χ2n) is 6.25. The average molecular weight is 281 g/mol. The van der Waals surface area contributed by atoms with Gasteiger partial charge in [0.1, 0.15) is 5.76 Å². The molecular weight excluding hydrogens is 254 g/mol. The zero-order valence-corrected chi connectivity index (χ0v) is 13.1. The van der Waals surface area contributed by atoms with Gasteiger partial charge in [-0.1, -0.05) is 40.0 Å². The maximum Gasteiger partial charge on any atom is 0.372 e. The van der Waals surface area contributed by atoms with E-state index in [2.05, 4.69) is 26.1 Å². The topological polar surface area (TPSA) is 62.5 Å². The Morgan fingerprint density at radius 2 is 2.10 bits per heavy atom. The number of hydrogen-bond donors (Lipinski definition) is 2. The number of aromatic carboxylic acids is 1. The molecule has 0 unspecified atom stereocenters. The van der Waals surface area contributed by atoms with Gasteiger partial charge in [-0.05, 0) is 24.8 Å². The van der Waals surface area contributed by atoms with Crippen molar-refractivity contribution in [1.82, 2.24) is 5.32 Å². The number of aryl methyl sites for hydroxylation is 1. The molecule has 4 nitrogen and oxygen atoms in total. The largest absolute Gasteiger partial charge is 0.475 e. The van der Waals surface area contributed by atoms with Crippen LogP contribution < -0.4 is 5.32 Å². The van der Waals surface area contributed by atoms with Crippen molar-refractivity contribution >= 4 is 5.97 Å². The highest BCUT2D eigenvalue weighted by atomic mass is 16.4. The molecule has 0 aliphatic rings. The summed E-state index contributed by atoms with van der Waals surface area (Å²) < 4.78 is 5.33. The Hall–Kier alpha value is -1.29. The Bertz CT molecular complexity index is 435. The molecule has 2 N–H and O–H groups in total. The van der Waals surface area contributed by atoms with Gasteiger partial charge in [0.05, 0.1) is 6.54 Å². The van der Waals surface area contributed by atoms with Crippen LogP contribution in [0.1, 0.15) is 68.3 Å². The summed E-state index contributed by atoms with van der Waals surface area (Å²) in [6, 6.07) is 1.79. The van der Waals surface area contributed by atoms with Crippen LogP contribution in [0.15, 0.2) is 10.5 Å². The molecule has 1 aromatic rings. The van der Waals surface area contributed by atoms with E-state index in [9.17, 15) is 4.79 Å². The van der Waals surface area contributed by atoms with Gasteiger partial charge in [-0.25, -0.2) is 4.79 Å². The van der Waals surface area contributed by atoms with E-state index in [0.717, 1.165) is 6.54 Å². The third-order valence-electron chi connectivity index (χ3n) is 3.52. The molecule has 20 heavy (non-hydrogen) atoms. The molecule has 1 aromatic heterocycles. The highest BCUT2D eigenvalue weighted by Crippen LogP contribution is 2.23. The van der Waals surface area contributed by atoms with Crippen LogP contribution >= 0.6 is 0 Å². The molecule has 0 aliphatic carbocycles. The third kappa shape index (κ3) is 5.37. The Morgan fingerprint density at radius 3 is 2.65 bits per heavy atom. The van der Waals surface area contributed by atoms with Gasteiger partial charge in [-0.15, -0.1) is 0 Å². The van der Waals surface area contributed by atoms with Gasteiger partial charge < -0.3 is 14.8 Å². The fourth-order valence-corrected chi connectivity index (χ4v) is 2.31. The zero-order valence-electron chi connectivity index (χ0n) is 13.1. The van der Waals surface area contributed by atoms with Crippen LogP contribution in [0.3, 0.4) is 0 Å². The summed E-state index contributed by atoms with van der Waals surface area (Å²) in [6.07, 6.45) is 4.98. The summed E-state index contributed by atoms with van der Waals surface area (Å²) in [7, 11) is 0. The molecule has 1 rings (SSSR count). The monoisotopic (exact) mass is 281 g/mol. The van der Waals surface area contributed by atoms with Crippen LogP contribution in [0.5, 0.6) is 0 Å². The molecule has 0 aliphatic heterocycles. The second-order valence-corrected chi connectivity index (χ2v) is 6.25. The van der Waals surface area contributed by atoms with Crippen molar-refractivity contribution in [3.05, 3.63) is 23.2 Å². The molecule has 0 fully saturated rings. The first-order valence-electron chi connectivity index (χ1n) is 7.39. The normalized spacial score (nSPS) is 11.8. The number of furan rings is 1. The number of unbranched alkanes of at least 4 members (excludes halogenated alkanes) is 2. The lowest BCUT2D eigenvalue weighted by atomic mass is 9.87. The molecule has 0 saturated heterocycles. The van der Waals surface area contributed by atoms with E-state index in [-0.39, 0.29) is 11.2 Å². The lowest BCUT2D eigenvalue weighted by molar-refractivity contribution is 0.0659. The molecule has 0 spiro atoms. The number of carbonyl (C=O) groups is 1. The van der Waals surface area contributed by atoms with Crippen LogP contribution in [0, 0.1) is 12.3 Å². The van der Waals surface area contributed by atoms with Crippen molar-refractivity contribution in [2.45, 2.75) is 59.9 Å². The van der Waals surface area contributed by atoms with E-state index >= 15 is 0 Å². The Kier molecular flexibility index (Phi) is 6.27. The van der Waals surface area contributed by atoms with Crippen LogP contribution in [0.4, 0.5) is 0 Å². The van der Waals surface area contributed by atoms with E-state index in [1.807, 2.05) is 0 Å². The first-order chi connectivity index (χ1) is 9.35. The van der Waals surface area contributed by atoms with Crippen molar-refractivity contribution in [3.63, 3.8) is 0 Å². The lowest BCUT2D eigenvalue weighted by Crippen LogP contribution is -2.29. The van der Waals surface area contributed by atoms with Gasteiger partial charge in [0, 0.05) is 12.1 Å². The van der Waals surface area contributed by atoms with Crippen LogP contribution in [-0.2, 0) is 6.54 Å². The molecule has 0 bridgehead atoms. The Morgan fingerprint density at radius 1 is 1.40 bits per heavy atom. The van der Waals surface area contributed by atoms with Crippen molar-refractivity contribution in [1.29, 1.82) is 0 Å². The van der Waals surface area contributed by atoms with E-state index in [0.29, 0.717) is 17.9 Å². The highest BCUT2D eigenvalue weighted by molar-refractivity contribution is 5.86. The van der Waals surface area contributed by atoms with Crippen molar-refractivity contribution in [3.8, 4) is 0 Å². The van der Waals surface area contributed by atoms with E-state index < -0.39 is 5.97 Å². The minimum absolute atomic E-state index is 0.0454. The average Bonchev–Trinajstić information content (AvgIpc) is 2.70. The molecule has 0 amide bonds. The van der Waals surface area contributed by atoms with Crippen LogP contribution in [-0.4, -0.2) is 17.6 Å². The van der Waals surface area contributed by atoms with Gasteiger partial charge in [0.15, 0.2) is 0 Å². The fourth-order valence-electron chi connectivity index (χ4n) is 2.31. The maximum atomic E-state index is 10.9. The maximum absolute atomic E-state index is 10.9. The summed E-state index contributed by atoms with van der Waals surface area (Å²) in [5, 5.41) is 12.3. The quantitative estimate of drug-likeness (QED) is 0.672. The minimum atomic E-state index is -1.01. The Labute approximate surface area is 121 Å². The smallest absolute Gasteiger partial charge is 0.372 e. The molecule has 0 saturated carbocycles. The predicted octanol–water partition coefficient (Wildman–Crippen LogP) is 3.98. The predicted molar refractivity (Wildman–Crippen MR) is 80.0 cm³/mol. The molecule has 4 heteroatoms. The zero-order chi connectivity index (χ0) is 15.2. The minimum Gasteiger partial charge on any atom is -0.475 e. The van der Waals surface area contributed by atoms with Crippen LogP contribution in [0.2, 0.25) is 0 Å². The summed E-state index contributed by atoms with van der Waals surface area (Å²) >= 11 is 0. The molecule has 0 atom stereocenters. The second kappa shape index (κ2) is 7.48. The van der Waals surface area contributed by atoms with Gasteiger partial charge in [-0.2, -0.15) is 0 Å². The Balaban J connectivity index is 2.40. The fraction of sp³-hybridized carbons (Fsp3) is 0.688. The van der Waals surface area contributed by atoms with Crippen LogP contribution in [0.25, 0.3) is 0 Å². The lowest BCUT2D eigenvalue weighted by Gasteiger charge is -2.24. The molecule has 0 radical (unpaired) electrons. The first-order valence-corrected chi connectivity index (χ1v) is 7.39. The van der Waals surface area contributed by atoms with Gasteiger partial charge in [-0.3, -0.25) is 0 Å². The molecule has 1 heterocycles. The number of hydrogen-bond acceptors (Lipinski definition) is 3. The van der Waals surface area contributed by atoms with Crippen molar-refractivity contribution in [2.75, 3.05) is 6.54 Å². The molecule has 114 valence electrons. The van der Waals surface area contributed by atoms with Gasteiger partial charge in [0.25, 0.3) is 0 Å². The number of carboxylic acid groups (broad SMARTS) is 1. The van der Waals surface area contributed by atoms with Crippen molar-refractivity contribution < 1.29 is 14.3 Å². The van der Waals surface area contributed by atoms with E-state index in [1.54, 1.807) is 13.0 Å². The summed E-state index contributed by atoms with van der Waals surface area (Å²) in [5.74, 6) is -0.276. The summed E-state index contributed by atoms with van der Waals surface area (Å²) in [4.78, 5) is 10.9. The molecule has 0 aromatic carbocycles. The standard InChI is InChI=1S/C16H27NO3/c1-5-6-7-8-16(3,4)11-17-10-13-9-12(2)14(20-13)15(18)19/h9,17H,5-8,10-11H2,1-4H3,(H,18,19). The number of nitrogens with one attached hydrogen (secondary N) is 1. The molecular formula is C16H27NO3. The van der Waals surface area contributed by atoms with Gasteiger partial charge >= 0.3 is 5.97 Å². The third-order valence-corrected chi connectivity index (χ3v) is 3.52. The SMILES string of the molecule is CCCCCC(C)(C)CNCc1cc(C)c(C(=O)O)o1. The van der Waals surface area contributed by atoms with E-state index in [4.69, 9.17) is 9.52 Å². The summed E-state index contributed by atoms with van der Waals surface area (Å²) in [5.41, 5.74) is 0.934.